The van der Waals surface area contributed by atoms with Crippen molar-refractivity contribution in [3.05, 3.63) is 102 Å². The van der Waals surface area contributed by atoms with Gasteiger partial charge >= 0.3 is 0 Å². The highest BCUT2D eigenvalue weighted by Crippen LogP contribution is 2.23. The zero-order chi connectivity index (χ0) is 20.4. The topological polar surface area (TPSA) is 34.0 Å². The van der Waals surface area contributed by atoms with Gasteiger partial charge in [0.15, 0.2) is 11.6 Å². The molecule has 1 aromatic heterocycles. The number of benzene rings is 3. The molecule has 0 spiro atoms. The van der Waals surface area contributed by atoms with Gasteiger partial charge in [-0.2, -0.15) is 0 Å². The molecular formula is C23H17F3N2O. The Kier molecular flexibility index (Phi) is 5.08. The largest absolute Gasteiger partial charge is 0.343 e. The normalized spacial score (nSPS) is 11.0. The van der Waals surface area contributed by atoms with E-state index in [1.807, 2.05) is 35.0 Å². The van der Waals surface area contributed by atoms with Crippen molar-refractivity contribution in [3.63, 3.8) is 0 Å². The predicted octanol–water partition coefficient (Wildman–Crippen LogP) is 5.29. The molecular weight excluding hydrogens is 377 g/mol. The first kappa shape index (κ1) is 18.8. The summed E-state index contributed by atoms with van der Waals surface area (Å²) >= 11 is 0. The number of anilines is 1. The number of carbonyl (C=O) groups is 1. The fourth-order valence-corrected chi connectivity index (χ4v) is 3.33. The Morgan fingerprint density at radius 3 is 2.41 bits per heavy atom. The smallest absolute Gasteiger partial charge is 0.228 e. The van der Waals surface area contributed by atoms with Crippen LogP contribution in [-0.2, 0) is 17.8 Å². The Hall–Kier alpha value is -3.54. The lowest BCUT2D eigenvalue weighted by atomic mass is 10.1. The van der Waals surface area contributed by atoms with Crippen LogP contribution in [0.3, 0.4) is 0 Å². The second-order valence-electron chi connectivity index (χ2n) is 6.78. The van der Waals surface area contributed by atoms with E-state index in [-0.39, 0.29) is 23.8 Å². The summed E-state index contributed by atoms with van der Waals surface area (Å²) in [4.78, 5) is 12.4. The number of hydrogen-bond acceptors (Lipinski definition) is 1. The van der Waals surface area contributed by atoms with Crippen molar-refractivity contribution in [2.75, 3.05) is 5.32 Å². The van der Waals surface area contributed by atoms with Gasteiger partial charge in [-0.15, -0.1) is 0 Å². The van der Waals surface area contributed by atoms with Crippen molar-refractivity contribution in [1.29, 1.82) is 0 Å². The third-order valence-corrected chi connectivity index (χ3v) is 4.69. The van der Waals surface area contributed by atoms with Crippen molar-refractivity contribution in [3.8, 4) is 0 Å². The Balaban J connectivity index is 1.57. The Bertz CT molecular complexity index is 1180. The number of nitrogens with zero attached hydrogens (tertiary/aromatic N) is 1. The third kappa shape index (κ3) is 4.16. The highest BCUT2D eigenvalue weighted by Gasteiger charge is 2.13. The van der Waals surface area contributed by atoms with Crippen LogP contribution < -0.4 is 5.32 Å². The van der Waals surface area contributed by atoms with Crippen molar-refractivity contribution in [1.82, 2.24) is 4.57 Å². The maximum atomic E-state index is 13.3. The van der Waals surface area contributed by atoms with Crippen LogP contribution >= 0.6 is 0 Å². The van der Waals surface area contributed by atoms with Gasteiger partial charge in [-0.1, -0.05) is 30.3 Å². The molecule has 0 saturated carbocycles. The van der Waals surface area contributed by atoms with Crippen LogP contribution in [0.15, 0.2) is 72.9 Å². The highest BCUT2D eigenvalue weighted by molar-refractivity contribution is 5.96. The maximum Gasteiger partial charge on any atom is 0.228 e. The van der Waals surface area contributed by atoms with Crippen molar-refractivity contribution >= 4 is 22.5 Å². The number of rotatable bonds is 5. The zero-order valence-electron chi connectivity index (χ0n) is 15.3. The second kappa shape index (κ2) is 7.83. The molecule has 1 heterocycles. The van der Waals surface area contributed by atoms with E-state index < -0.39 is 11.6 Å². The molecule has 3 nitrogen and oxygen atoms in total. The number of halogens is 3. The lowest BCUT2D eigenvalue weighted by Crippen LogP contribution is -2.14. The SMILES string of the molecule is O=C(Cc1cn(Cc2ccc(F)cc2)c2ccccc12)Nc1ccc(F)c(F)c1. The molecule has 0 bridgehead atoms. The van der Waals surface area contributed by atoms with Gasteiger partial charge in [0.25, 0.3) is 0 Å². The summed E-state index contributed by atoms with van der Waals surface area (Å²) in [5, 5.41) is 3.52. The molecule has 4 aromatic rings. The lowest BCUT2D eigenvalue weighted by Gasteiger charge is -2.05. The Labute approximate surface area is 165 Å². The maximum absolute atomic E-state index is 13.3. The Morgan fingerprint density at radius 1 is 0.897 bits per heavy atom. The predicted molar refractivity (Wildman–Crippen MR) is 106 cm³/mol. The van der Waals surface area contributed by atoms with Gasteiger partial charge in [-0.25, -0.2) is 13.2 Å². The summed E-state index contributed by atoms with van der Waals surface area (Å²) in [5.74, 6) is -2.60. The summed E-state index contributed by atoms with van der Waals surface area (Å²) in [6.45, 7) is 0.533. The second-order valence-corrected chi connectivity index (χ2v) is 6.78. The number of aromatic nitrogens is 1. The van der Waals surface area contributed by atoms with Gasteiger partial charge < -0.3 is 9.88 Å². The molecule has 146 valence electrons. The first-order valence-corrected chi connectivity index (χ1v) is 9.06. The van der Waals surface area contributed by atoms with E-state index in [9.17, 15) is 18.0 Å². The van der Waals surface area contributed by atoms with Crippen molar-refractivity contribution in [2.24, 2.45) is 0 Å². The summed E-state index contributed by atoms with van der Waals surface area (Å²) in [7, 11) is 0. The minimum absolute atomic E-state index is 0.0793. The molecule has 3 aromatic carbocycles. The summed E-state index contributed by atoms with van der Waals surface area (Å²) < 4.78 is 41.6. The average molecular weight is 394 g/mol. The van der Waals surface area contributed by atoms with E-state index in [1.165, 1.54) is 18.2 Å². The summed E-state index contributed by atoms with van der Waals surface area (Å²) in [5.41, 5.74) is 2.89. The molecule has 0 aliphatic carbocycles. The van der Waals surface area contributed by atoms with E-state index in [0.29, 0.717) is 6.54 Å². The minimum Gasteiger partial charge on any atom is -0.343 e. The number of carbonyl (C=O) groups excluding carboxylic acids is 1. The van der Waals surface area contributed by atoms with Gasteiger partial charge in [0.05, 0.1) is 6.42 Å². The van der Waals surface area contributed by atoms with Crippen LogP contribution in [0.25, 0.3) is 10.9 Å². The van der Waals surface area contributed by atoms with Crippen LogP contribution in [0.4, 0.5) is 18.9 Å². The van der Waals surface area contributed by atoms with Gasteiger partial charge in [0.1, 0.15) is 5.82 Å². The zero-order valence-corrected chi connectivity index (χ0v) is 15.3. The van der Waals surface area contributed by atoms with Crippen molar-refractivity contribution in [2.45, 2.75) is 13.0 Å². The fraction of sp³-hybridized carbons (Fsp3) is 0.0870. The van der Waals surface area contributed by atoms with Gasteiger partial charge in [0, 0.05) is 35.4 Å². The Morgan fingerprint density at radius 2 is 1.66 bits per heavy atom. The molecule has 6 heteroatoms. The molecule has 0 aliphatic rings. The molecule has 0 aliphatic heterocycles. The number of para-hydroxylation sites is 1. The molecule has 0 saturated heterocycles. The van der Waals surface area contributed by atoms with Gasteiger partial charge in [-0.3, -0.25) is 4.79 Å². The van der Waals surface area contributed by atoms with Crippen molar-refractivity contribution < 1.29 is 18.0 Å². The minimum atomic E-state index is -1.02. The molecule has 0 fully saturated rings. The van der Waals surface area contributed by atoms with E-state index in [4.69, 9.17) is 0 Å². The highest BCUT2D eigenvalue weighted by atomic mass is 19.2. The average Bonchev–Trinajstić information content (AvgIpc) is 3.04. The van der Waals surface area contributed by atoms with E-state index >= 15 is 0 Å². The van der Waals surface area contributed by atoms with Crippen LogP contribution in [0, 0.1) is 17.5 Å². The van der Waals surface area contributed by atoms with Crippen LogP contribution in [0.1, 0.15) is 11.1 Å². The molecule has 0 unspecified atom stereocenters. The number of hydrogen-bond donors (Lipinski definition) is 1. The standard InChI is InChI=1S/C23H17F3N2O/c24-17-7-5-15(6-8-17)13-28-14-16(19-3-1-2-4-22(19)28)11-23(29)27-18-9-10-20(25)21(26)12-18/h1-10,12,14H,11,13H2,(H,27,29). The van der Waals surface area contributed by atoms with E-state index in [2.05, 4.69) is 5.32 Å². The van der Waals surface area contributed by atoms with Crippen LogP contribution in [0.5, 0.6) is 0 Å². The molecule has 4 rings (SSSR count). The molecule has 1 N–H and O–H groups in total. The first-order valence-electron chi connectivity index (χ1n) is 9.06. The van der Waals surface area contributed by atoms with Gasteiger partial charge in [-0.05, 0) is 41.5 Å². The number of fused-ring (bicyclic) bond motifs is 1. The van der Waals surface area contributed by atoms with Gasteiger partial charge in [0.2, 0.25) is 5.91 Å². The number of nitrogens with one attached hydrogen (secondary N) is 1. The monoisotopic (exact) mass is 394 g/mol. The van der Waals surface area contributed by atoms with Crippen LogP contribution in [0.2, 0.25) is 0 Å². The molecule has 0 atom stereocenters. The van der Waals surface area contributed by atoms with E-state index in [0.717, 1.165) is 34.2 Å². The fourth-order valence-electron chi connectivity index (χ4n) is 3.33. The first-order chi connectivity index (χ1) is 14.0. The third-order valence-electron chi connectivity index (χ3n) is 4.69. The lowest BCUT2D eigenvalue weighted by molar-refractivity contribution is -0.115. The molecule has 29 heavy (non-hydrogen) atoms. The quantitative estimate of drug-likeness (QED) is 0.490. The van der Waals surface area contributed by atoms with E-state index in [1.54, 1.807) is 12.1 Å². The number of amides is 1. The molecule has 0 radical (unpaired) electrons. The van der Waals surface area contributed by atoms with Crippen LogP contribution in [-0.4, -0.2) is 10.5 Å². The summed E-state index contributed by atoms with van der Waals surface area (Å²) in [6, 6.07) is 17.2. The summed E-state index contributed by atoms with van der Waals surface area (Å²) in [6.07, 6.45) is 1.97. The molecule has 1 amide bonds.